The number of rotatable bonds is 4. The number of nitrogen functional groups attached to an aromatic ring is 1. The molecule has 138 valence electrons. The van der Waals surface area contributed by atoms with Crippen LogP contribution in [0.2, 0.25) is 0 Å². The number of anilines is 1. The van der Waals surface area contributed by atoms with Crippen LogP contribution in [0.3, 0.4) is 0 Å². The van der Waals surface area contributed by atoms with Crippen molar-refractivity contribution in [2.75, 3.05) is 18.8 Å². The zero-order valence-electron chi connectivity index (χ0n) is 15.1. The first-order chi connectivity index (χ1) is 13.2. The van der Waals surface area contributed by atoms with Crippen LogP contribution in [0, 0.1) is 0 Å². The molecule has 1 saturated heterocycles. The van der Waals surface area contributed by atoms with Gasteiger partial charge in [-0.1, -0.05) is 36.9 Å². The summed E-state index contributed by atoms with van der Waals surface area (Å²) in [6.07, 6.45) is 5.35. The molecule has 0 aliphatic carbocycles. The zero-order valence-corrected chi connectivity index (χ0v) is 15.1. The van der Waals surface area contributed by atoms with Crippen LogP contribution >= 0.6 is 0 Å². The number of aromatic nitrogens is 4. The number of fused-ring (bicyclic) bond motifs is 1. The highest BCUT2D eigenvalue weighted by molar-refractivity contribution is 5.89. The van der Waals surface area contributed by atoms with Crippen LogP contribution in [0.1, 0.15) is 30.1 Å². The van der Waals surface area contributed by atoms with Crippen molar-refractivity contribution in [2.45, 2.75) is 25.3 Å². The Morgan fingerprint density at radius 1 is 1.30 bits per heavy atom. The van der Waals surface area contributed by atoms with Gasteiger partial charge in [-0.05, 0) is 24.5 Å². The van der Waals surface area contributed by atoms with Gasteiger partial charge >= 0.3 is 0 Å². The Labute approximate surface area is 157 Å². The Balaban J connectivity index is 1.74. The number of likely N-dealkylation sites (tertiary alicyclic amines) is 1. The monoisotopic (exact) mass is 362 g/mol. The van der Waals surface area contributed by atoms with Gasteiger partial charge in [0.05, 0.1) is 17.1 Å². The maximum absolute atomic E-state index is 12.0. The van der Waals surface area contributed by atoms with Crippen molar-refractivity contribution in [3.63, 3.8) is 0 Å². The highest BCUT2D eigenvalue weighted by Crippen LogP contribution is 2.29. The molecule has 2 aromatic heterocycles. The Morgan fingerprint density at radius 3 is 2.89 bits per heavy atom. The molecule has 1 aliphatic rings. The van der Waals surface area contributed by atoms with Crippen LogP contribution < -0.4 is 5.73 Å². The lowest BCUT2D eigenvalue weighted by molar-refractivity contribution is -0.127. The predicted molar refractivity (Wildman–Crippen MR) is 104 cm³/mol. The fourth-order valence-electron chi connectivity index (χ4n) is 3.72. The third-order valence-electron chi connectivity index (χ3n) is 5.03. The predicted octanol–water partition coefficient (Wildman–Crippen LogP) is 2.35. The molecular formula is C20H22N6O. The number of benzene rings is 1. The van der Waals surface area contributed by atoms with Gasteiger partial charge in [0.15, 0.2) is 5.65 Å². The molecule has 1 aromatic carbocycles. The first-order valence-corrected chi connectivity index (χ1v) is 9.10. The molecule has 7 nitrogen and oxygen atoms in total. The largest absolute Gasteiger partial charge is 0.383 e. The third-order valence-corrected chi connectivity index (χ3v) is 5.03. The lowest BCUT2D eigenvalue weighted by atomic mass is 10.1. The Hall–Kier alpha value is -3.22. The average Bonchev–Trinajstić information content (AvgIpc) is 3.08. The molecule has 1 amide bonds. The second kappa shape index (κ2) is 7.19. The molecule has 2 N–H and O–H groups in total. The second-order valence-electron chi connectivity index (χ2n) is 6.80. The van der Waals surface area contributed by atoms with Crippen LogP contribution in [-0.2, 0) is 11.2 Å². The number of nitrogens with zero attached hydrogens (tertiary/aromatic N) is 5. The van der Waals surface area contributed by atoms with Gasteiger partial charge < -0.3 is 10.6 Å². The summed E-state index contributed by atoms with van der Waals surface area (Å²) in [4.78, 5) is 22.5. The van der Waals surface area contributed by atoms with Gasteiger partial charge in [0.2, 0.25) is 5.91 Å². The summed E-state index contributed by atoms with van der Waals surface area (Å²) >= 11 is 0. The van der Waals surface area contributed by atoms with E-state index in [0.717, 1.165) is 41.7 Å². The van der Waals surface area contributed by atoms with Gasteiger partial charge in [0, 0.05) is 19.5 Å². The van der Waals surface area contributed by atoms with E-state index in [1.165, 1.54) is 12.4 Å². The van der Waals surface area contributed by atoms with Crippen molar-refractivity contribution >= 4 is 22.8 Å². The molecule has 0 radical (unpaired) electrons. The highest BCUT2D eigenvalue weighted by Gasteiger charge is 2.27. The summed E-state index contributed by atoms with van der Waals surface area (Å²) in [7, 11) is 0. The summed E-state index contributed by atoms with van der Waals surface area (Å²) < 4.78 is 1.92. The molecule has 1 fully saturated rings. The first kappa shape index (κ1) is 17.2. The summed E-state index contributed by atoms with van der Waals surface area (Å²) in [6, 6.07) is 10.2. The lowest BCUT2D eigenvalue weighted by Crippen LogP contribution is -2.40. The lowest BCUT2D eigenvalue weighted by Gasteiger charge is -2.32. The average molecular weight is 362 g/mol. The van der Waals surface area contributed by atoms with E-state index < -0.39 is 0 Å². The van der Waals surface area contributed by atoms with Gasteiger partial charge in [0.25, 0.3) is 0 Å². The van der Waals surface area contributed by atoms with E-state index in [0.29, 0.717) is 18.8 Å². The SMILES string of the molecule is C=CC(=O)N1CCC[C@@H](n2nc(Cc3ccccc3)c3c(N)ncnc32)C1. The van der Waals surface area contributed by atoms with E-state index in [1.807, 2.05) is 27.8 Å². The minimum Gasteiger partial charge on any atom is -0.383 e. The number of carbonyl (C=O) groups is 1. The Kier molecular flexibility index (Phi) is 4.58. The van der Waals surface area contributed by atoms with Crippen LogP contribution in [-0.4, -0.2) is 43.6 Å². The van der Waals surface area contributed by atoms with Gasteiger partial charge in [-0.3, -0.25) is 4.79 Å². The molecule has 4 rings (SSSR count). The summed E-state index contributed by atoms with van der Waals surface area (Å²) in [5.41, 5.74) is 8.91. The van der Waals surface area contributed by atoms with Crippen molar-refractivity contribution < 1.29 is 4.79 Å². The van der Waals surface area contributed by atoms with Crippen molar-refractivity contribution in [1.82, 2.24) is 24.6 Å². The highest BCUT2D eigenvalue weighted by atomic mass is 16.2. The maximum Gasteiger partial charge on any atom is 0.246 e. The van der Waals surface area contributed by atoms with E-state index in [4.69, 9.17) is 10.8 Å². The molecule has 27 heavy (non-hydrogen) atoms. The molecule has 1 aliphatic heterocycles. The van der Waals surface area contributed by atoms with Crippen LogP contribution in [0.5, 0.6) is 0 Å². The van der Waals surface area contributed by atoms with E-state index in [9.17, 15) is 4.79 Å². The van der Waals surface area contributed by atoms with Crippen molar-refractivity contribution in [2.24, 2.45) is 0 Å². The topological polar surface area (TPSA) is 89.9 Å². The van der Waals surface area contributed by atoms with E-state index in [2.05, 4.69) is 28.7 Å². The van der Waals surface area contributed by atoms with E-state index >= 15 is 0 Å². The minimum atomic E-state index is -0.0465. The summed E-state index contributed by atoms with van der Waals surface area (Å²) in [5, 5.41) is 5.66. The Morgan fingerprint density at radius 2 is 2.11 bits per heavy atom. The summed E-state index contributed by atoms with van der Waals surface area (Å²) in [6.45, 7) is 4.93. The minimum absolute atomic E-state index is 0.0465. The molecule has 3 heterocycles. The number of amides is 1. The fourth-order valence-corrected chi connectivity index (χ4v) is 3.72. The molecular weight excluding hydrogens is 340 g/mol. The maximum atomic E-state index is 12.0. The van der Waals surface area contributed by atoms with Gasteiger partial charge in [-0.15, -0.1) is 0 Å². The number of hydrogen-bond donors (Lipinski definition) is 1. The van der Waals surface area contributed by atoms with E-state index in [-0.39, 0.29) is 11.9 Å². The van der Waals surface area contributed by atoms with Crippen molar-refractivity contribution in [3.8, 4) is 0 Å². The van der Waals surface area contributed by atoms with Gasteiger partial charge in [-0.25, -0.2) is 14.6 Å². The molecule has 1 atom stereocenters. The summed E-state index contributed by atoms with van der Waals surface area (Å²) in [5.74, 6) is 0.391. The first-order valence-electron chi connectivity index (χ1n) is 9.10. The fraction of sp³-hybridized carbons (Fsp3) is 0.300. The van der Waals surface area contributed by atoms with Gasteiger partial charge in [-0.2, -0.15) is 5.10 Å². The quantitative estimate of drug-likeness (QED) is 0.720. The van der Waals surface area contributed by atoms with Crippen LogP contribution in [0.15, 0.2) is 49.3 Å². The molecule has 7 heteroatoms. The molecule has 3 aromatic rings. The van der Waals surface area contributed by atoms with Crippen molar-refractivity contribution in [1.29, 1.82) is 0 Å². The standard InChI is InChI=1S/C20H22N6O/c1-2-17(27)25-10-6-9-15(12-25)26-20-18(19(21)22-13-23-20)16(24-26)11-14-7-4-3-5-8-14/h2-5,7-8,13,15H,1,6,9-12H2,(H2,21,22,23)/t15-/m1/s1. The number of piperidine rings is 1. The number of hydrogen-bond acceptors (Lipinski definition) is 5. The zero-order chi connectivity index (χ0) is 18.8. The van der Waals surface area contributed by atoms with Crippen molar-refractivity contribution in [3.05, 3.63) is 60.6 Å². The number of nitrogens with two attached hydrogens (primary N) is 1. The molecule has 0 unspecified atom stereocenters. The third kappa shape index (κ3) is 3.28. The van der Waals surface area contributed by atoms with E-state index in [1.54, 1.807) is 0 Å². The Bertz CT molecular complexity index is 981. The second-order valence-corrected chi connectivity index (χ2v) is 6.80. The molecule has 0 saturated carbocycles. The smallest absolute Gasteiger partial charge is 0.246 e. The van der Waals surface area contributed by atoms with Crippen LogP contribution in [0.25, 0.3) is 11.0 Å². The molecule has 0 bridgehead atoms. The van der Waals surface area contributed by atoms with Crippen LogP contribution in [0.4, 0.5) is 5.82 Å². The van der Waals surface area contributed by atoms with Gasteiger partial charge in [0.1, 0.15) is 12.1 Å². The number of carbonyl (C=O) groups excluding carboxylic acids is 1. The molecule has 0 spiro atoms. The normalized spacial score (nSPS) is 17.2.